The number of nitrogens with one attached hydrogen (secondary N) is 1. The molecule has 120 valence electrons. The first-order valence-electron chi connectivity index (χ1n) is 7.16. The summed E-state index contributed by atoms with van der Waals surface area (Å²) >= 11 is 6.02. The highest BCUT2D eigenvalue weighted by Crippen LogP contribution is 2.29. The predicted molar refractivity (Wildman–Crippen MR) is 91.3 cm³/mol. The molecule has 0 saturated carbocycles. The van der Waals surface area contributed by atoms with Crippen molar-refractivity contribution in [2.45, 2.75) is 26.7 Å². The fourth-order valence-electron chi connectivity index (χ4n) is 2.32. The van der Waals surface area contributed by atoms with Crippen molar-refractivity contribution >= 4 is 28.9 Å². The molecule has 0 aromatic heterocycles. The zero-order chi connectivity index (χ0) is 17.1. The monoisotopic (exact) mass is 332 g/mol. The number of carbonyl (C=O) groups is 1. The summed E-state index contributed by atoms with van der Waals surface area (Å²) in [6, 6.07) is 9.59. The van der Waals surface area contributed by atoms with Gasteiger partial charge in [0.1, 0.15) is 0 Å². The number of non-ortho nitro benzene ring substituents is 1. The molecule has 0 aliphatic carbocycles. The van der Waals surface area contributed by atoms with Crippen LogP contribution in [-0.4, -0.2) is 10.8 Å². The van der Waals surface area contributed by atoms with Crippen LogP contribution in [0.3, 0.4) is 0 Å². The summed E-state index contributed by atoms with van der Waals surface area (Å²) in [5.74, 6) is -0.235. The third-order valence-electron chi connectivity index (χ3n) is 3.57. The molecule has 1 amide bonds. The first-order valence-corrected chi connectivity index (χ1v) is 7.54. The van der Waals surface area contributed by atoms with Crippen LogP contribution in [0.1, 0.15) is 41.3 Å². The molecule has 1 N–H and O–H groups in total. The quantitative estimate of drug-likeness (QED) is 0.637. The zero-order valence-corrected chi connectivity index (χ0v) is 13.8. The van der Waals surface area contributed by atoms with Gasteiger partial charge in [0, 0.05) is 17.8 Å². The molecule has 0 aliphatic rings. The minimum absolute atomic E-state index is 0.0822. The second-order valence-corrected chi connectivity index (χ2v) is 5.98. The van der Waals surface area contributed by atoms with Gasteiger partial charge in [-0.05, 0) is 30.0 Å². The number of nitro benzene ring substituents is 1. The molecule has 0 saturated heterocycles. The molecule has 0 spiro atoms. The SMILES string of the molecule is Cc1cccc(C(C)C)c1NC(=O)c1cc([N+](=O)[O-])ccc1Cl. The highest BCUT2D eigenvalue weighted by atomic mass is 35.5. The number of benzene rings is 2. The second kappa shape index (κ2) is 6.79. The van der Waals surface area contributed by atoms with Crippen LogP contribution in [0, 0.1) is 17.0 Å². The van der Waals surface area contributed by atoms with E-state index in [1.807, 2.05) is 39.0 Å². The van der Waals surface area contributed by atoms with E-state index in [0.717, 1.165) is 16.8 Å². The van der Waals surface area contributed by atoms with Crippen molar-refractivity contribution in [3.05, 3.63) is 68.2 Å². The Bertz CT molecular complexity index is 772. The lowest BCUT2D eigenvalue weighted by molar-refractivity contribution is -0.384. The van der Waals surface area contributed by atoms with Gasteiger partial charge in [0.2, 0.25) is 0 Å². The van der Waals surface area contributed by atoms with Crippen LogP contribution in [0.5, 0.6) is 0 Å². The number of aryl methyl sites for hydroxylation is 1. The smallest absolute Gasteiger partial charge is 0.270 e. The van der Waals surface area contributed by atoms with E-state index in [4.69, 9.17) is 11.6 Å². The summed E-state index contributed by atoms with van der Waals surface area (Å²) < 4.78 is 0. The van der Waals surface area contributed by atoms with Gasteiger partial charge < -0.3 is 5.32 Å². The van der Waals surface area contributed by atoms with Crippen molar-refractivity contribution in [2.75, 3.05) is 5.32 Å². The van der Waals surface area contributed by atoms with Gasteiger partial charge in [0.15, 0.2) is 0 Å². The molecule has 23 heavy (non-hydrogen) atoms. The number of para-hydroxylation sites is 1. The van der Waals surface area contributed by atoms with Crippen molar-refractivity contribution in [3.8, 4) is 0 Å². The van der Waals surface area contributed by atoms with Gasteiger partial charge in [-0.3, -0.25) is 14.9 Å². The van der Waals surface area contributed by atoms with Crippen LogP contribution < -0.4 is 5.32 Å². The van der Waals surface area contributed by atoms with Crippen molar-refractivity contribution in [2.24, 2.45) is 0 Å². The number of anilines is 1. The molecule has 0 bridgehead atoms. The number of nitrogens with zero attached hydrogens (tertiary/aromatic N) is 1. The lowest BCUT2D eigenvalue weighted by Gasteiger charge is -2.16. The van der Waals surface area contributed by atoms with Gasteiger partial charge in [-0.2, -0.15) is 0 Å². The summed E-state index contributed by atoms with van der Waals surface area (Å²) in [6.45, 7) is 5.96. The van der Waals surface area contributed by atoms with Crippen LogP contribution >= 0.6 is 11.6 Å². The average Bonchev–Trinajstić information content (AvgIpc) is 2.49. The summed E-state index contributed by atoms with van der Waals surface area (Å²) in [5.41, 5.74) is 2.55. The predicted octanol–water partition coefficient (Wildman–Crippen LogP) is 4.93. The molecule has 2 rings (SSSR count). The fourth-order valence-corrected chi connectivity index (χ4v) is 2.53. The number of rotatable bonds is 4. The summed E-state index contributed by atoms with van der Waals surface area (Å²) in [7, 11) is 0. The molecule has 2 aromatic carbocycles. The van der Waals surface area contributed by atoms with Crippen molar-refractivity contribution in [3.63, 3.8) is 0 Å². The highest BCUT2D eigenvalue weighted by Gasteiger charge is 2.18. The minimum atomic E-state index is -0.555. The Morgan fingerprint density at radius 3 is 2.57 bits per heavy atom. The molecular formula is C17H17ClN2O3. The van der Waals surface area contributed by atoms with Gasteiger partial charge in [0.05, 0.1) is 15.5 Å². The maximum Gasteiger partial charge on any atom is 0.270 e. The Morgan fingerprint density at radius 1 is 1.26 bits per heavy atom. The zero-order valence-electron chi connectivity index (χ0n) is 13.1. The number of amides is 1. The van der Waals surface area contributed by atoms with Crippen LogP contribution in [0.2, 0.25) is 5.02 Å². The number of hydrogen-bond acceptors (Lipinski definition) is 3. The Kier molecular flexibility index (Phi) is 5.01. The van der Waals surface area contributed by atoms with Gasteiger partial charge in [-0.15, -0.1) is 0 Å². The Labute approximate surface area is 139 Å². The Balaban J connectivity index is 2.41. The molecular weight excluding hydrogens is 316 g/mol. The maximum absolute atomic E-state index is 12.5. The van der Waals surface area contributed by atoms with E-state index in [1.54, 1.807) is 0 Å². The molecule has 0 aliphatic heterocycles. The minimum Gasteiger partial charge on any atom is -0.321 e. The molecule has 6 heteroatoms. The van der Waals surface area contributed by atoms with Crippen molar-refractivity contribution in [1.29, 1.82) is 0 Å². The van der Waals surface area contributed by atoms with E-state index in [0.29, 0.717) is 0 Å². The van der Waals surface area contributed by atoms with Crippen LogP contribution in [0.25, 0.3) is 0 Å². The molecule has 0 unspecified atom stereocenters. The van der Waals surface area contributed by atoms with E-state index < -0.39 is 10.8 Å². The van der Waals surface area contributed by atoms with Gasteiger partial charge in [0.25, 0.3) is 11.6 Å². The summed E-state index contributed by atoms with van der Waals surface area (Å²) in [5, 5.41) is 13.9. The standard InChI is InChI=1S/C17H17ClN2O3/c1-10(2)13-6-4-5-11(3)16(13)19-17(21)14-9-12(20(22)23)7-8-15(14)18/h4-10H,1-3H3,(H,19,21). The lowest BCUT2D eigenvalue weighted by atomic mass is 9.98. The largest absolute Gasteiger partial charge is 0.321 e. The molecule has 0 radical (unpaired) electrons. The van der Waals surface area contributed by atoms with Crippen molar-refractivity contribution < 1.29 is 9.72 Å². The topological polar surface area (TPSA) is 72.2 Å². The summed E-state index contributed by atoms with van der Waals surface area (Å²) in [6.07, 6.45) is 0. The third-order valence-corrected chi connectivity index (χ3v) is 3.90. The van der Waals surface area contributed by atoms with E-state index >= 15 is 0 Å². The Hall–Kier alpha value is -2.40. The van der Waals surface area contributed by atoms with Crippen molar-refractivity contribution in [1.82, 2.24) is 0 Å². The lowest BCUT2D eigenvalue weighted by Crippen LogP contribution is -2.15. The molecule has 0 atom stereocenters. The molecule has 5 nitrogen and oxygen atoms in total. The van der Waals surface area contributed by atoms with E-state index in [-0.39, 0.29) is 22.2 Å². The van der Waals surface area contributed by atoms with Crippen LogP contribution in [-0.2, 0) is 0 Å². The molecule has 0 fully saturated rings. The number of hydrogen-bond donors (Lipinski definition) is 1. The second-order valence-electron chi connectivity index (χ2n) is 5.57. The first-order chi connectivity index (χ1) is 10.8. The normalized spacial score (nSPS) is 10.7. The van der Waals surface area contributed by atoms with E-state index in [2.05, 4.69) is 5.32 Å². The molecule has 2 aromatic rings. The van der Waals surface area contributed by atoms with Gasteiger partial charge in [-0.25, -0.2) is 0 Å². The van der Waals surface area contributed by atoms with Crippen LogP contribution in [0.15, 0.2) is 36.4 Å². The van der Waals surface area contributed by atoms with E-state index in [9.17, 15) is 14.9 Å². The van der Waals surface area contributed by atoms with Gasteiger partial charge >= 0.3 is 0 Å². The number of nitro groups is 1. The third kappa shape index (κ3) is 3.68. The first kappa shape index (κ1) is 17.0. The van der Waals surface area contributed by atoms with Crippen LogP contribution in [0.4, 0.5) is 11.4 Å². The number of carbonyl (C=O) groups excluding carboxylic acids is 1. The fraction of sp³-hybridized carbons (Fsp3) is 0.235. The van der Waals surface area contributed by atoms with E-state index in [1.165, 1.54) is 18.2 Å². The Morgan fingerprint density at radius 2 is 1.96 bits per heavy atom. The van der Waals surface area contributed by atoms with Gasteiger partial charge in [-0.1, -0.05) is 43.6 Å². The highest BCUT2D eigenvalue weighted by molar-refractivity contribution is 6.34. The molecule has 0 heterocycles. The summed E-state index contributed by atoms with van der Waals surface area (Å²) in [4.78, 5) is 22.8. The maximum atomic E-state index is 12.5. The number of halogens is 1. The average molecular weight is 333 g/mol.